The second kappa shape index (κ2) is 9.70. The van der Waals surface area contributed by atoms with Gasteiger partial charge in [-0.05, 0) is 44.0 Å². The van der Waals surface area contributed by atoms with Gasteiger partial charge in [-0.2, -0.15) is 10.4 Å². The van der Waals surface area contributed by atoms with Crippen LogP contribution < -0.4 is 9.64 Å². The number of methoxy groups -OCH3 is 1. The zero-order valence-electron chi connectivity index (χ0n) is 24.7. The smallest absolute Gasteiger partial charge is 0.212 e. The highest BCUT2D eigenvalue weighted by Crippen LogP contribution is 2.36. The van der Waals surface area contributed by atoms with Crippen LogP contribution in [0.15, 0.2) is 55.1 Å². The molecule has 9 nitrogen and oxygen atoms in total. The van der Waals surface area contributed by atoms with Crippen LogP contribution in [-0.2, 0) is 6.54 Å². The molecule has 7 heterocycles. The van der Waals surface area contributed by atoms with Gasteiger partial charge in [-0.15, -0.1) is 0 Å². The fourth-order valence-corrected chi connectivity index (χ4v) is 5.36. The summed E-state index contributed by atoms with van der Waals surface area (Å²) in [6, 6.07) is 12.4. The first kappa shape index (κ1) is 21.5. The van der Waals surface area contributed by atoms with E-state index in [0.717, 1.165) is 48.6 Å². The first-order chi connectivity index (χ1) is 20.0. The average Bonchev–Trinajstić information content (AvgIpc) is 3.37. The van der Waals surface area contributed by atoms with Gasteiger partial charge >= 0.3 is 0 Å². The van der Waals surface area contributed by atoms with E-state index in [1.165, 1.54) is 6.20 Å². The summed E-state index contributed by atoms with van der Waals surface area (Å²) in [5.74, 6) is 6.83. The lowest BCUT2D eigenvalue weighted by molar-refractivity contribution is -0.00876. The molecule has 39 heavy (non-hydrogen) atoms. The molecule has 0 saturated carbocycles. The molecule has 3 fully saturated rings. The summed E-state index contributed by atoms with van der Waals surface area (Å²) in [6.45, 7) is 5.70. The summed E-state index contributed by atoms with van der Waals surface area (Å²) in [4.78, 5) is 13.7. The maximum atomic E-state index is 10.0. The van der Waals surface area contributed by atoms with E-state index in [-0.39, 0.29) is 5.88 Å². The highest BCUT2D eigenvalue weighted by molar-refractivity contribution is 5.85. The molecule has 0 radical (unpaired) electrons. The Morgan fingerprint density at radius 3 is 2.67 bits per heavy atom. The van der Waals surface area contributed by atoms with Gasteiger partial charge in [-0.3, -0.25) is 4.90 Å². The van der Waals surface area contributed by atoms with Crippen molar-refractivity contribution < 1.29 is 14.0 Å². The lowest BCUT2D eigenvalue weighted by atomic mass is 9.87. The van der Waals surface area contributed by atoms with Crippen LogP contribution in [0.5, 0.6) is 5.88 Å². The molecule has 0 spiro atoms. The monoisotopic (exact) mass is 522 g/mol. The number of pyridine rings is 3. The number of hydrogen-bond donors (Lipinski definition) is 1. The Hall–Kier alpha value is -4.44. The van der Waals surface area contributed by atoms with Crippen molar-refractivity contribution in [1.29, 1.82) is 5.26 Å². The van der Waals surface area contributed by atoms with Crippen molar-refractivity contribution in [3.63, 3.8) is 0 Å². The topological polar surface area (TPSA) is 103 Å². The van der Waals surface area contributed by atoms with Gasteiger partial charge in [0.1, 0.15) is 17.5 Å². The fraction of sp³-hybridized carbons (Fsp3) is 0.333. The largest absolute Gasteiger partial charge is 0.481 e. The SMILES string of the molecule is [2H]C([2H])([2H])Oc1ccc(CN2C3CC2CN(c2ccc(-c4cc(C#CC(C)(C)O)cn5ncc(C#N)c45)cn2)C3)cn1. The van der Waals surface area contributed by atoms with E-state index >= 15 is 0 Å². The van der Waals surface area contributed by atoms with Gasteiger partial charge < -0.3 is 14.7 Å². The van der Waals surface area contributed by atoms with E-state index in [4.69, 9.17) is 13.8 Å². The van der Waals surface area contributed by atoms with Crippen molar-refractivity contribution in [3.8, 4) is 34.9 Å². The third-order valence-electron chi connectivity index (χ3n) is 7.24. The number of ether oxygens (including phenoxy) is 1. The van der Waals surface area contributed by atoms with Crippen molar-refractivity contribution >= 4 is 11.3 Å². The molecule has 2 unspecified atom stereocenters. The molecule has 0 amide bonds. The van der Waals surface area contributed by atoms with Gasteiger partial charge in [0, 0.05) is 73.1 Å². The number of anilines is 1. The van der Waals surface area contributed by atoms with Crippen LogP contribution in [0, 0.1) is 23.2 Å². The van der Waals surface area contributed by atoms with E-state index < -0.39 is 12.6 Å². The molecule has 2 atom stereocenters. The molecule has 196 valence electrons. The fourth-order valence-electron chi connectivity index (χ4n) is 5.36. The Bertz CT molecular complexity index is 1710. The maximum Gasteiger partial charge on any atom is 0.212 e. The normalized spacial score (nSPS) is 20.2. The van der Waals surface area contributed by atoms with Crippen LogP contribution in [0.4, 0.5) is 5.82 Å². The van der Waals surface area contributed by atoms with Crippen LogP contribution in [-0.4, -0.2) is 67.4 Å². The number of aliphatic hydroxyl groups is 1. The number of piperazine rings is 1. The summed E-state index contributed by atoms with van der Waals surface area (Å²) in [5.41, 5.74) is 3.32. The first-order valence-electron chi connectivity index (χ1n) is 14.2. The van der Waals surface area contributed by atoms with Crippen LogP contribution in [0.3, 0.4) is 0 Å². The molecular weight excluding hydrogens is 490 g/mol. The van der Waals surface area contributed by atoms with Crippen LogP contribution >= 0.6 is 0 Å². The summed E-state index contributed by atoms with van der Waals surface area (Å²) < 4.78 is 28.2. The van der Waals surface area contributed by atoms with Crippen molar-refractivity contribution in [1.82, 2.24) is 24.5 Å². The predicted molar refractivity (Wildman–Crippen MR) is 147 cm³/mol. The third-order valence-corrected chi connectivity index (χ3v) is 7.24. The summed E-state index contributed by atoms with van der Waals surface area (Å²) in [5, 5.41) is 24.1. The zero-order chi connectivity index (χ0) is 29.6. The molecule has 3 saturated heterocycles. The highest BCUT2D eigenvalue weighted by atomic mass is 16.5. The summed E-state index contributed by atoms with van der Waals surface area (Å²) in [6.07, 6.45) is 7.90. The second-order valence-electron chi connectivity index (χ2n) is 10.5. The van der Waals surface area contributed by atoms with Gasteiger partial charge in [0.05, 0.1) is 28.4 Å². The zero-order valence-corrected chi connectivity index (χ0v) is 21.7. The van der Waals surface area contributed by atoms with Crippen LogP contribution in [0.1, 0.15) is 41.1 Å². The van der Waals surface area contributed by atoms with Gasteiger partial charge in [0.15, 0.2) is 0 Å². The number of nitriles is 1. The summed E-state index contributed by atoms with van der Waals surface area (Å²) >= 11 is 0. The van der Waals surface area contributed by atoms with E-state index in [1.54, 1.807) is 36.8 Å². The van der Waals surface area contributed by atoms with Crippen molar-refractivity contribution in [2.75, 3.05) is 25.0 Å². The molecule has 4 aromatic rings. The van der Waals surface area contributed by atoms with Gasteiger partial charge in [0.2, 0.25) is 5.88 Å². The highest BCUT2D eigenvalue weighted by Gasteiger charge is 2.44. The van der Waals surface area contributed by atoms with E-state index in [1.807, 2.05) is 30.5 Å². The lowest BCUT2D eigenvalue weighted by Crippen LogP contribution is -2.68. The van der Waals surface area contributed by atoms with Crippen molar-refractivity contribution in [2.24, 2.45) is 0 Å². The van der Waals surface area contributed by atoms with Gasteiger partial charge in [-0.25, -0.2) is 14.5 Å². The Balaban J connectivity index is 1.17. The van der Waals surface area contributed by atoms with Gasteiger partial charge in [-0.1, -0.05) is 17.9 Å². The Labute approximate surface area is 231 Å². The standard InChI is InChI=1S/C30H29N7O2/c1-30(2,38)9-8-20-10-26(29-23(12-31)15-34-37(29)17-20)22-5-6-27(32-14-22)35-18-24-11-25(19-35)36(24)16-21-4-7-28(39-3)33-13-21/h4-7,10,13-15,17,24-25,38H,11,16,18-19H2,1-3H3/i3D3. The Morgan fingerprint density at radius 1 is 1.15 bits per heavy atom. The third kappa shape index (κ3) is 4.90. The maximum absolute atomic E-state index is 10.0. The molecule has 7 rings (SSSR count). The molecule has 3 aliphatic rings. The minimum absolute atomic E-state index is 0.0924. The lowest BCUT2D eigenvalue weighted by Gasteiger charge is -2.56. The van der Waals surface area contributed by atoms with E-state index in [0.29, 0.717) is 28.7 Å². The number of fused-ring (bicyclic) bond motifs is 3. The molecule has 0 aliphatic carbocycles. The minimum Gasteiger partial charge on any atom is -0.481 e. The quantitative estimate of drug-likeness (QED) is 0.399. The van der Waals surface area contributed by atoms with Crippen LogP contribution in [0.2, 0.25) is 0 Å². The molecule has 0 aromatic carbocycles. The predicted octanol–water partition coefficient (Wildman–Crippen LogP) is 3.26. The molecule has 9 heteroatoms. The van der Waals surface area contributed by atoms with E-state index in [9.17, 15) is 10.4 Å². The minimum atomic E-state index is -2.51. The number of aromatic nitrogens is 4. The van der Waals surface area contributed by atoms with E-state index in [2.05, 4.69) is 37.8 Å². The van der Waals surface area contributed by atoms with Crippen molar-refractivity contribution in [2.45, 2.75) is 44.5 Å². The van der Waals surface area contributed by atoms with Crippen LogP contribution in [0.25, 0.3) is 16.6 Å². The molecule has 3 aliphatic heterocycles. The van der Waals surface area contributed by atoms with Crippen molar-refractivity contribution in [3.05, 3.63) is 71.8 Å². The number of hydrogen-bond acceptors (Lipinski definition) is 8. The molecular formula is C30H29N7O2. The summed E-state index contributed by atoms with van der Waals surface area (Å²) in [7, 11) is -2.51. The van der Waals surface area contributed by atoms with Gasteiger partial charge in [0.25, 0.3) is 0 Å². The second-order valence-corrected chi connectivity index (χ2v) is 10.5. The molecule has 4 aromatic heterocycles. The Kier molecular flexibility index (Phi) is 5.35. The number of piperidine rings is 1. The molecule has 2 bridgehead atoms. The molecule has 1 N–H and O–H groups in total. The number of nitrogens with zero attached hydrogens (tertiary/aromatic N) is 7. The Morgan fingerprint density at radius 2 is 2.00 bits per heavy atom. The first-order valence-corrected chi connectivity index (χ1v) is 12.7. The number of rotatable bonds is 5. The average molecular weight is 523 g/mol.